The van der Waals surface area contributed by atoms with Crippen molar-refractivity contribution < 1.29 is 14.0 Å². The number of amides is 2. The quantitative estimate of drug-likeness (QED) is 0.754. The number of carbonyl (C=O) groups excluding carboxylic acids is 2. The van der Waals surface area contributed by atoms with Gasteiger partial charge in [0.25, 0.3) is 0 Å². The summed E-state index contributed by atoms with van der Waals surface area (Å²) in [5.74, 6) is -1.74. The second-order valence-electron chi connectivity index (χ2n) is 5.90. The number of hydrogen-bond donors (Lipinski definition) is 2. The van der Waals surface area contributed by atoms with E-state index >= 15 is 0 Å². The van der Waals surface area contributed by atoms with E-state index in [0.717, 1.165) is 10.9 Å². The predicted octanol–water partition coefficient (Wildman–Crippen LogP) is 3.44. The summed E-state index contributed by atoms with van der Waals surface area (Å²) >= 11 is 0. The molecule has 2 heterocycles. The molecular weight excluding hydrogens is 321 g/mol. The third kappa shape index (κ3) is 2.82. The van der Waals surface area contributed by atoms with Crippen LogP contribution in [0.25, 0.3) is 10.9 Å². The molecule has 6 heteroatoms. The molecule has 2 aromatic carbocycles. The van der Waals surface area contributed by atoms with Crippen molar-refractivity contribution in [2.75, 3.05) is 10.6 Å². The molecule has 4 rings (SSSR count). The highest BCUT2D eigenvalue weighted by Gasteiger charge is 2.31. The number of benzene rings is 2. The van der Waals surface area contributed by atoms with Gasteiger partial charge in [-0.05, 0) is 42.0 Å². The molecule has 1 aliphatic rings. The zero-order valence-corrected chi connectivity index (χ0v) is 13.1. The smallest absolute Gasteiger partial charge is 0.232 e. The molecule has 1 atom stereocenters. The first-order valence-electron chi connectivity index (χ1n) is 7.86. The first kappa shape index (κ1) is 15.3. The highest BCUT2D eigenvalue weighted by atomic mass is 19.1. The van der Waals surface area contributed by atoms with Gasteiger partial charge in [-0.2, -0.15) is 0 Å². The molecule has 0 radical (unpaired) electrons. The van der Waals surface area contributed by atoms with Crippen LogP contribution in [0.3, 0.4) is 0 Å². The Labute approximate surface area is 142 Å². The summed E-state index contributed by atoms with van der Waals surface area (Å²) < 4.78 is 13.4. The molecule has 25 heavy (non-hydrogen) atoms. The molecule has 5 nitrogen and oxygen atoms in total. The van der Waals surface area contributed by atoms with Crippen LogP contribution in [0.2, 0.25) is 0 Å². The third-order valence-electron chi connectivity index (χ3n) is 4.27. The molecule has 1 aliphatic heterocycles. The van der Waals surface area contributed by atoms with Crippen LogP contribution < -0.4 is 10.6 Å². The summed E-state index contributed by atoms with van der Waals surface area (Å²) in [6.07, 6.45) is 1.71. The standard InChI is InChI=1S/C19H14FN3O2/c20-11-6-7-12-14(10-18(24)22-17(12)9-11)19(25)23-16-5-1-4-15-13(16)3-2-8-21-15/h1-9,14H,10H2,(H,22,24)(H,23,25)/t14-/m0/s1. The lowest BCUT2D eigenvalue weighted by Crippen LogP contribution is -2.30. The average molecular weight is 335 g/mol. The number of hydrogen-bond acceptors (Lipinski definition) is 3. The minimum absolute atomic E-state index is 0.0213. The van der Waals surface area contributed by atoms with E-state index in [1.807, 2.05) is 18.2 Å². The first-order chi connectivity index (χ1) is 12.1. The normalized spacial score (nSPS) is 16.2. The van der Waals surface area contributed by atoms with Gasteiger partial charge < -0.3 is 10.6 Å². The van der Waals surface area contributed by atoms with E-state index in [1.54, 1.807) is 24.4 Å². The van der Waals surface area contributed by atoms with Gasteiger partial charge in [-0.3, -0.25) is 14.6 Å². The van der Waals surface area contributed by atoms with E-state index in [-0.39, 0.29) is 18.2 Å². The van der Waals surface area contributed by atoms with Crippen LogP contribution in [-0.4, -0.2) is 16.8 Å². The molecule has 124 valence electrons. The minimum atomic E-state index is -0.670. The Morgan fingerprint density at radius 3 is 2.96 bits per heavy atom. The van der Waals surface area contributed by atoms with Crippen molar-refractivity contribution in [2.24, 2.45) is 0 Å². The first-order valence-corrected chi connectivity index (χ1v) is 7.86. The van der Waals surface area contributed by atoms with Crippen molar-refractivity contribution in [2.45, 2.75) is 12.3 Å². The topological polar surface area (TPSA) is 71.1 Å². The Bertz CT molecular complexity index is 998. The average Bonchev–Trinajstić information content (AvgIpc) is 2.61. The molecule has 0 spiro atoms. The van der Waals surface area contributed by atoms with Gasteiger partial charge in [0, 0.05) is 23.7 Å². The predicted molar refractivity (Wildman–Crippen MR) is 92.8 cm³/mol. The van der Waals surface area contributed by atoms with E-state index in [4.69, 9.17) is 0 Å². The fourth-order valence-corrected chi connectivity index (χ4v) is 3.10. The summed E-state index contributed by atoms with van der Waals surface area (Å²) in [7, 11) is 0. The summed E-state index contributed by atoms with van der Waals surface area (Å²) in [5.41, 5.74) is 2.35. The molecule has 3 aromatic rings. The van der Waals surface area contributed by atoms with Gasteiger partial charge in [0.05, 0.1) is 17.1 Å². The van der Waals surface area contributed by atoms with Crippen molar-refractivity contribution in [1.29, 1.82) is 0 Å². The number of carbonyl (C=O) groups is 2. The highest BCUT2D eigenvalue weighted by molar-refractivity contribution is 6.08. The molecule has 0 saturated carbocycles. The van der Waals surface area contributed by atoms with Gasteiger partial charge in [0.15, 0.2) is 0 Å². The Hall–Kier alpha value is -3.28. The Morgan fingerprint density at radius 2 is 2.08 bits per heavy atom. The molecule has 2 amide bonds. The molecule has 0 bridgehead atoms. The number of anilines is 2. The fraction of sp³-hybridized carbons (Fsp3) is 0.105. The van der Waals surface area contributed by atoms with E-state index in [2.05, 4.69) is 15.6 Å². The summed E-state index contributed by atoms with van der Waals surface area (Å²) in [6.45, 7) is 0. The largest absolute Gasteiger partial charge is 0.326 e. The van der Waals surface area contributed by atoms with Gasteiger partial charge in [-0.15, -0.1) is 0 Å². The Morgan fingerprint density at radius 1 is 1.20 bits per heavy atom. The zero-order valence-electron chi connectivity index (χ0n) is 13.1. The lowest BCUT2D eigenvalue weighted by molar-refractivity contribution is -0.123. The highest BCUT2D eigenvalue weighted by Crippen LogP contribution is 2.34. The molecule has 0 saturated heterocycles. The maximum absolute atomic E-state index is 13.4. The van der Waals surface area contributed by atoms with Crippen LogP contribution in [0.5, 0.6) is 0 Å². The van der Waals surface area contributed by atoms with Crippen LogP contribution in [0.15, 0.2) is 54.7 Å². The Balaban J connectivity index is 1.69. The van der Waals surface area contributed by atoms with Gasteiger partial charge in [0.2, 0.25) is 11.8 Å². The van der Waals surface area contributed by atoms with Crippen molar-refractivity contribution in [3.63, 3.8) is 0 Å². The van der Waals surface area contributed by atoms with E-state index in [9.17, 15) is 14.0 Å². The van der Waals surface area contributed by atoms with Crippen molar-refractivity contribution in [3.05, 3.63) is 66.1 Å². The van der Waals surface area contributed by atoms with Crippen LogP contribution in [0.1, 0.15) is 17.9 Å². The summed E-state index contributed by atoms with van der Waals surface area (Å²) in [6, 6.07) is 13.2. The van der Waals surface area contributed by atoms with Gasteiger partial charge in [0.1, 0.15) is 5.82 Å². The number of nitrogens with one attached hydrogen (secondary N) is 2. The number of rotatable bonds is 2. The number of pyridine rings is 1. The van der Waals surface area contributed by atoms with Crippen molar-refractivity contribution in [1.82, 2.24) is 4.98 Å². The molecule has 0 unspecified atom stereocenters. The third-order valence-corrected chi connectivity index (χ3v) is 4.27. The molecule has 2 N–H and O–H groups in total. The lowest BCUT2D eigenvalue weighted by Gasteiger charge is -2.25. The lowest BCUT2D eigenvalue weighted by atomic mass is 9.89. The van der Waals surface area contributed by atoms with Crippen LogP contribution >= 0.6 is 0 Å². The second kappa shape index (κ2) is 5.98. The molecular formula is C19H14FN3O2. The summed E-state index contributed by atoms with van der Waals surface area (Å²) in [5, 5.41) is 6.31. The molecule has 1 aromatic heterocycles. The SMILES string of the molecule is O=C1C[C@H](C(=O)Nc2cccc3ncccc23)c2ccc(F)cc2N1. The number of aromatic nitrogens is 1. The van der Waals surface area contributed by atoms with Crippen molar-refractivity contribution >= 4 is 34.1 Å². The maximum Gasteiger partial charge on any atom is 0.232 e. The van der Waals surface area contributed by atoms with Gasteiger partial charge >= 0.3 is 0 Å². The van der Waals surface area contributed by atoms with Gasteiger partial charge in [-0.25, -0.2) is 4.39 Å². The Kier molecular flexibility index (Phi) is 3.65. The minimum Gasteiger partial charge on any atom is -0.326 e. The number of nitrogens with zero attached hydrogens (tertiary/aromatic N) is 1. The van der Waals surface area contributed by atoms with E-state index in [0.29, 0.717) is 16.9 Å². The molecule has 0 fully saturated rings. The van der Waals surface area contributed by atoms with Gasteiger partial charge in [-0.1, -0.05) is 12.1 Å². The second-order valence-corrected chi connectivity index (χ2v) is 5.90. The van der Waals surface area contributed by atoms with Crippen LogP contribution in [0.4, 0.5) is 15.8 Å². The maximum atomic E-state index is 13.4. The van der Waals surface area contributed by atoms with Crippen molar-refractivity contribution in [3.8, 4) is 0 Å². The number of halogens is 1. The summed E-state index contributed by atoms with van der Waals surface area (Å²) in [4.78, 5) is 29.0. The fourth-order valence-electron chi connectivity index (χ4n) is 3.10. The zero-order chi connectivity index (χ0) is 17.4. The van der Waals surface area contributed by atoms with E-state index in [1.165, 1.54) is 12.1 Å². The van der Waals surface area contributed by atoms with Crippen LogP contribution in [-0.2, 0) is 9.59 Å². The molecule has 0 aliphatic carbocycles. The van der Waals surface area contributed by atoms with Crippen LogP contribution in [0, 0.1) is 5.82 Å². The van der Waals surface area contributed by atoms with E-state index < -0.39 is 11.7 Å². The monoisotopic (exact) mass is 335 g/mol. The number of fused-ring (bicyclic) bond motifs is 2.